The number of rotatable bonds is 5. The number of fused-ring (bicyclic) bond motifs is 1. The minimum absolute atomic E-state index is 0.253. The molecule has 1 aliphatic rings. The summed E-state index contributed by atoms with van der Waals surface area (Å²) in [6.07, 6.45) is 7.44. The molecule has 0 spiro atoms. The molecule has 1 aliphatic heterocycles. The van der Waals surface area contributed by atoms with E-state index in [1.54, 1.807) is 25.6 Å². The molecule has 4 rings (SSSR count). The van der Waals surface area contributed by atoms with Crippen molar-refractivity contribution in [1.29, 1.82) is 0 Å². The molecule has 30 heavy (non-hydrogen) atoms. The van der Waals surface area contributed by atoms with Crippen LogP contribution in [-0.4, -0.2) is 30.3 Å². The fraction of sp³-hybridized carbons (Fsp3) is 0.125. The molecule has 1 N–H and O–H groups in total. The zero-order valence-electron chi connectivity index (χ0n) is 16.4. The summed E-state index contributed by atoms with van der Waals surface area (Å²) in [7, 11) is 1.58. The first-order valence-corrected chi connectivity index (χ1v) is 9.92. The van der Waals surface area contributed by atoms with Gasteiger partial charge in [-0.3, -0.25) is 14.8 Å². The summed E-state index contributed by atoms with van der Waals surface area (Å²) in [5, 5.41) is 3.54. The van der Waals surface area contributed by atoms with E-state index in [4.69, 9.17) is 21.3 Å². The molecule has 0 atom stereocenters. The van der Waals surface area contributed by atoms with E-state index in [2.05, 4.69) is 10.3 Å². The van der Waals surface area contributed by atoms with Crippen LogP contribution in [-0.2, 0) is 11.2 Å². The van der Waals surface area contributed by atoms with Crippen LogP contribution in [0.1, 0.15) is 22.3 Å². The molecule has 1 amide bonds. The van der Waals surface area contributed by atoms with E-state index in [0.717, 1.165) is 35.4 Å². The second-order valence-corrected chi connectivity index (χ2v) is 7.24. The summed E-state index contributed by atoms with van der Waals surface area (Å²) in [5.74, 6) is 0.310. The number of aromatic nitrogens is 1. The molecule has 6 heteroatoms. The van der Waals surface area contributed by atoms with Crippen molar-refractivity contribution < 1.29 is 9.53 Å². The number of aliphatic imine (C=N–C) groups is 1. The highest BCUT2D eigenvalue weighted by Crippen LogP contribution is 2.30. The predicted molar refractivity (Wildman–Crippen MR) is 121 cm³/mol. The first kappa shape index (κ1) is 19.9. The molecule has 0 fully saturated rings. The Morgan fingerprint density at radius 2 is 2.10 bits per heavy atom. The summed E-state index contributed by atoms with van der Waals surface area (Å²) in [6, 6.07) is 15.2. The Morgan fingerprint density at radius 1 is 1.20 bits per heavy atom. The molecule has 0 radical (unpaired) electrons. The maximum Gasteiger partial charge on any atom is 0.248 e. The minimum atomic E-state index is -0.253. The monoisotopic (exact) mass is 417 g/mol. The molecule has 150 valence electrons. The summed E-state index contributed by atoms with van der Waals surface area (Å²) in [6.45, 7) is 0.726. The smallest absolute Gasteiger partial charge is 0.248 e. The van der Waals surface area contributed by atoms with Gasteiger partial charge in [-0.15, -0.1) is 0 Å². The van der Waals surface area contributed by atoms with Crippen LogP contribution >= 0.6 is 11.6 Å². The van der Waals surface area contributed by atoms with Crippen LogP contribution in [0.25, 0.3) is 6.08 Å². The number of hydrogen-bond acceptors (Lipinski definition) is 4. The number of methoxy groups -OCH3 is 1. The van der Waals surface area contributed by atoms with Crippen molar-refractivity contribution in [1.82, 2.24) is 4.98 Å². The first-order valence-electron chi connectivity index (χ1n) is 9.55. The molecule has 0 aliphatic carbocycles. The lowest BCUT2D eigenvalue weighted by Gasteiger charge is -2.19. The van der Waals surface area contributed by atoms with Crippen molar-refractivity contribution in [2.24, 2.45) is 4.99 Å². The zero-order chi connectivity index (χ0) is 20.9. The number of carbonyl (C=O) groups excluding carboxylic acids is 1. The van der Waals surface area contributed by atoms with Gasteiger partial charge in [0.15, 0.2) is 0 Å². The first-order chi connectivity index (χ1) is 14.6. The summed E-state index contributed by atoms with van der Waals surface area (Å²) in [5.41, 5.74) is 5.49. The molecule has 3 aromatic rings. The Morgan fingerprint density at radius 3 is 2.90 bits per heavy atom. The number of benzene rings is 2. The van der Waals surface area contributed by atoms with Crippen LogP contribution in [0.2, 0.25) is 5.02 Å². The van der Waals surface area contributed by atoms with Crippen LogP contribution in [0.5, 0.6) is 5.75 Å². The highest BCUT2D eigenvalue weighted by atomic mass is 35.5. The lowest BCUT2D eigenvalue weighted by Crippen LogP contribution is -2.15. The maximum atomic E-state index is 12.3. The number of halogens is 1. The molecule has 0 saturated carbocycles. The third kappa shape index (κ3) is 4.42. The van der Waals surface area contributed by atoms with E-state index in [9.17, 15) is 4.79 Å². The Labute approximate surface area is 180 Å². The van der Waals surface area contributed by atoms with Crippen LogP contribution in [0.4, 0.5) is 5.69 Å². The maximum absolute atomic E-state index is 12.3. The van der Waals surface area contributed by atoms with Gasteiger partial charge in [0.2, 0.25) is 5.91 Å². The van der Waals surface area contributed by atoms with Crippen LogP contribution < -0.4 is 10.1 Å². The highest BCUT2D eigenvalue weighted by molar-refractivity contribution is 6.31. The lowest BCUT2D eigenvalue weighted by molar-refractivity contribution is -0.111. The summed E-state index contributed by atoms with van der Waals surface area (Å²) >= 11 is 6.21. The number of anilines is 1. The Bertz CT molecular complexity index is 1140. The average molecular weight is 418 g/mol. The van der Waals surface area contributed by atoms with E-state index in [0.29, 0.717) is 16.5 Å². The second kappa shape index (κ2) is 8.93. The Balaban J connectivity index is 1.57. The molecule has 5 nitrogen and oxygen atoms in total. The topological polar surface area (TPSA) is 63.6 Å². The van der Waals surface area contributed by atoms with E-state index in [-0.39, 0.29) is 5.91 Å². The van der Waals surface area contributed by atoms with Crippen molar-refractivity contribution in [2.45, 2.75) is 6.42 Å². The van der Waals surface area contributed by atoms with Gasteiger partial charge >= 0.3 is 0 Å². The van der Waals surface area contributed by atoms with Gasteiger partial charge in [0, 0.05) is 41.2 Å². The van der Waals surface area contributed by atoms with E-state index in [1.807, 2.05) is 48.5 Å². The van der Waals surface area contributed by atoms with E-state index >= 15 is 0 Å². The number of carbonyl (C=O) groups is 1. The van der Waals surface area contributed by atoms with Gasteiger partial charge in [0.05, 0.1) is 18.5 Å². The number of pyridine rings is 1. The molecule has 2 heterocycles. The van der Waals surface area contributed by atoms with Gasteiger partial charge in [0.25, 0.3) is 0 Å². The van der Waals surface area contributed by atoms with Crippen molar-refractivity contribution in [2.75, 3.05) is 19.0 Å². The SMILES string of the molecule is COc1cc(C2=NCCc3ccc(Cl)cc32)ccc1NC(=O)C=Cc1cccnc1. The van der Waals surface area contributed by atoms with Crippen molar-refractivity contribution in [3.63, 3.8) is 0 Å². The molecule has 0 unspecified atom stereocenters. The highest BCUT2D eigenvalue weighted by Gasteiger charge is 2.18. The minimum Gasteiger partial charge on any atom is -0.495 e. The van der Waals surface area contributed by atoms with Crippen molar-refractivity contribution >= 4 is 35.0 Å². The van der Waals surface area contributed by atoms with Gasteiger partial charge in [-0.05, 0) is 54.0 Å². The average Bonchev–Trinajstić information content (AvgIpc) is 2.78. The molecule has 1 aromatic heterocycles. The predicted octanol–water partition coefficient (Wildman–Crippen LogP) is 4.79. The van der Waals surface area contributed by atoms with E-state index < -0.39 is 0 Å². The molecule has 0 saturated heterocycles. The van der Waals surface area contributed by atoms with E-state index in [1.165, 1.54) is 11.6 Å². The van der Waals surface area contributed by atoms with Gasteiger partial charge in [-0.25, -0.2) is 0 Å². The molecular formula is C24H20ClN3O2. The number of nitrogens with zero attached hydrogens (tertiary/aromatic N) is 2. The Hall–Kier alpha value is -3.44. The van der Waals surface area contributed by atoms with Crippen molar-refractivity contribution in [3.05, 3.63) is 94.3 Å². The van der Waals surface area contributed by atoms with Gasteiger partial charge in [0.1, 0.15) is 5.75 Å². The summed E-state index contributed by atoms with van der Waals surface area (Å²) < 4.78 is 5.52. The Kier molecular flexibility index (Phi) is 5.91. The van der Waals surface area contributed by atoms with Crippen LogP contribution in [0.3, 0.4) is 0 Å². The van der Waals surface area contributed by atoms with Gasteiger partial charge in [-0.1, -0.05) is 29.8 Å². The lowest BCUT2D eigenvalue weighted by atomic mass is 9.93. The number of hydrogen-bond donors (Lipinski definition) is 1. The number of amides is 1. The summed E-state index contributed by atoms with van der Waals surface area (Å²) in [4.78, 5) is 21.1. The fourth-order valence-corrected chi connectivity index (χ4v) is 3.54. The standard InChI is InChI=1S/C24H20ClN3O2/c1-30-22-13-18(24-20-14-19(25)7-5-17(20)10-12-27-24)6-8-21(22)28-23(29)9-4-16-3-2-11-26-15-16/h2-9,11,13-15H,10,12H2,1H3,(H,28,29). The van der Waals surface area contributed by atoms with Gasteiger partial charge in [-0.2, -0.15) is 0 Å². The second-order valence-electron chi connectivity index (χ2n) is 6.81. The van der Waals surface area contributed by atoms with Crippen LogP contribution in [0.15, 0.2) is 72.0 Å². The number of nitrogens with one attached hydrogen (secondary N) is 1. The van der Waals surface area contributed by atoms with Crippen LogP contribution in [0, 0.1) is 0 Å². The van der Waals surface area contributed by atoms with Gasteiger partial charge < -0.3 is 10.1 Å². The zero-order valence-corrected chi connectivity index (χ0v) is 17.2. The molecule has 2 aromatic carbocycles. The normalized spacial score (nSPS) is 12.9. The van der Waals surface area contributed by atoms with Crippen molar-refractivity contribution in [3.8, 4) is 5.75 Å². The molecule has 0 bridgehead atoms. The molecular weight excluding hydrogens is 398 g/mol. The third-order valence-electron chi connectivity index (χ3n) is 4.82. The third-order valence-corrected chi connectivity index (χ3v) is 5.06. The quantitative estimate of drug-likeness (QED) is 0.607. The fourth-order valence-electron chi connectivity index (χ4n) is 3.37. The number of ether oxygens (including phenoxy) is 1. The largest absolute Gasteiger partial charge is 0.495 e.